The predicted molar refractivity (Wildman–Crippen MR) is 98.8 cm³/mol. The van der Waals surface area contributed by atoms with Crippen molar-refractivity contribution >= 4 is 50.1 Å². The van der Waals surface area contributed by atoms with Crippen LogP contribution in [0.4, 0.5) is 0 Å². The molecule has 1 amide bonds. The van der Waals surface area contributed by atoms with E-state index in [-0.39, 0.29) is 35.2 Å². The summed E-state index contributed by atoms with van der Waals surface area (Å²) in [5, 5.41) is 1.30. The quantitative estimate of drug-likeness (QED) is 0.781. The number of rotatable bonds is 5. The van der Waals surface area contributed by atoms with Crippen molar-refractivity contribution in [1.29, 1.82) is 0 Å². The number of carbonyl (C=O) groups is 1. The summed E-state index contributed by atoms with van der Waals surface area (Å²) >= 11 is 7.31. The minimum atomic E-state index is -3.00. The Balaban J connectivity index is 1.44. The van der Waals surface area contributed by atoms with Crippen LogP contribution in [0.1, 0.15) is 19.3 Å². The van der Waals surface area contributed by atoms with E-state index in [4.69, 9.17) is 11.6 Å². The van der Waals surface area contributed by atoms with Crippen LogP contribution in [0.2, 0.25) is 5.02 Å². The molecule has 0 bridgehead atoms. The lowest BCUT2D eigenvalue weighted by atomic mass is 10.2. The number of thioether (sulfide) groups is 1. The number of carbonyl (C=O) groups excluding carboxylic acids is 1. The van der Waals surface area contributed by atoms with E-state index in [1.54, 1.807) is 12.1 Å². The van der Waals surface area contributed by atoms with Gasteiger partial charge in [-0.25, -0.2) is 13.4 Å². The van der Waals surface area contributed by atoms with Gasteiger partial charge in [0.15, 0.2) is 15.0 Å². The Bertz CT molecular complexity index is 924. The summed E-state index contributed by atoms with van der Waals surface area (Å²) in [6.45, 7) is 0. The second-order valence-electron chi connectivity index (χ2n) is 6.58. The van der Waals surface area contributed by atoms with Gasteiger partial charge in [0.2, 0.25) is 5.91 Å². The number of fused-ring (bicyclic) bond motifs is 1. The minimum Gasteiger partial charge on any atom is -0.335 e. The molecular formula is C16H18ClN3O3S2. The molecule has 1 unspecified atom stereocenters. The Morgan fingerprint density at radius 3 is 2.80 bits per heavy atom. The smallest absolute Gasteiger partial charge is 0.233 e. The Kier molecular flexibility index (Phi) is 4.45. The number of nitrogens with zero attached hydrogens (tertiary/aromatic N) is 2. The number of aromatic amines is 1. The van der Waals surface area contributed by atoms with Gasteiger partial charge in [-0.05, 0) is 37.5 Å². The molecule has 1 aliphatic heterocycles. The molecule has 6 nitrogen and oxygen atoms in total. The summed E-state index contributed by atoms with van der Waals surface area (Å²) in [6, 6.07) is 5.45. The van der Waals surface area contributed by atoms with Gasteiger partial charge in [0, 0.05) is 17.1 Å². The molecule has 2 aliphatic rings. The summed E-state index contributed by atoms with van der Waals surface area (Å²) in [5.74, 6) is 0.531. The fourth-order valence-corrected chi connectivity index (χ4v) is 5.92. The van der Waals surface area contributed by atoms with E-state index in [1.807, 2.05) is 11.0 Å². The van der Waals surface area contributed by atoms with Gasteiger partial charge in [-0.2, -0.15) is 0 Å². The van der Waals surface area contributed by atoms with Crippen LogP contribution in [0.15, 0.2) is 23.4 Å². The molecule has 0 radical (unpaired) electrons. The number of aromatic nitrogens is 2. The average Bonchev–Trinajstić information content (AvgIpc) is 3.19. The summed E-state index contributed by atoms with van der Waals surface area (Å²) in [4.78, 5) is 22.1. The van der Waals surface area contributed by atoms with E-state index in [0.717, 1.165) is 23.9 Å². The molecule has 1 N–H and O–H groups in total. The zero-order chi connectivity index (χ0) is 17.6. The van der Waals surface area contributed by atoms with Gasteiger partial charge < -0.3 is 9.88 Å². The molecule has 134 valence electrons. The van der Waals surface area contributed by atoms with E-state index in [1.165, 1.54) is 11.8 Å². The lowest BCUT2D eigenvalue weighted by molar-refractivity contribution is -0.130. The van der Waals surface area contributed by atoms with Gasteiger partial charge in [0.25, 0.3) is 0 Å². The molecule has 1 aliphatic carbocycles. The maximum atomic E-state index is 12.7. The van der Waals surface area contributed by atoms with E-state index in [0.29, 0.717) is 16.6 Å². The number of halogens is 1. The highest BCUT2D eigenvalue weighted by Gasteiger charge is 2.41. The first kappa shape index (κ1) is 17.2. The molecule has 2 heterocycles. The first-order valence-electron chi connectivity index (χ1n) is 8.21. The second kappa shape index (κ2) is 6.48. The highest BCUT2D eigenvalue weighted by atomic mass is 35.5. The lowest BCUT2D eigenvalue weighted by Crippen LogP contribution is -2.43. The molecule has 4 rings (SSSR count). The van der Waals surface area contributed by atoms with Gasteiger partial charge in [0.05, 0.1) is 28.3 Å². The van der Waals surface area contributed by atoms with Crippen molar-refractivity contribution in [3.63, 3.8) is 0 Å². The molecule has 0 spiro atoms. The standard InChI is InChI=1S/C16H18ClN3O3S2/c17-10-1-4-13-14(7-10)19-16(18-13)24-8-15(21)20(11-2-3-11)12-5-6-25(22,23)9-12/h1,4,7,11-12H,2-3,5-6,8-9H2,(H,18,19). The topological polar surface area (TPSA) is 83.1 Å². The lowest BCUT2D eigenvalue weighted by Gasteiger charge is -2.28. The van der Waals surface area contributed by atoms with Crippen LogP contribution in [0.5, 0.6) is 0 Å². The number of hydrogen-bond acceptors (Lipinski definition) is 5. The molecule has 1 saturated carbocycles. The van der Waals surface area contributed by atoms with Crippen molar-refractivity contribution in [3.05, 3.63) is 23.2 Å². The Hall–Kier alpha value is -1.25. The van der Waals surface area contributed by atoms with Gasteiger partial charge in [-0.15, -0.1) is 0 Å². The predicted octanol–water partition coefficient (Wildman–Crippen LogP) is 2.49. The van der Waals surface area contributed by atoms with Gasteiger partial charge in [-0.1, -0.05) is 23.4 Å². The van der Waals surface area contributed by atoms with Crippen LogP contribution in [0.3, 0.4) is 0 Å². The Morgan fingerprint density at radius 2 is 2.12 bits per heavy atom. The number of amides is 1. The molecule has 2 aromatic rings. The molecule has 1 aromatic heterocycles. The summed E-state index contributed by atoms with van der Waals surface area (Å²) in [7, 11) is -3.00. The summed E-state index contributed by atoms with van der Waals surface area (Å²) in [5.41, 5.74) is 1.64. The number of H-pyrrole nitrogens is 1. The fraction of sp³-hybridized carbons (Fsp3) is 0.500. The van der Waals surface area contributed by atoms with Gasteiger partial charge in [-0.3, -0.25) is 4.79 Å². The third kappa shape index (κ3) is 3.80. The SMILES string of the molecule is O=C(CSc1nc2ccc(Cl)cc2[nH]1)N(C1CC1)C1CCS(=O)(=O)C1. The Morgan fingerprint density at radius 1 is 1.32 bits per heavy atom. The first-order valence-corrected chi connectivity index (χ1v) is 11.4. The number of nitrogens with one attached hydrogen (secondary N) is 1. The van der Waals surface area contributed by atoms with E-state index in [9.17, 15) is 13.2 Å². The summed E-state index contributed by atoms with van der Waals surface area (Å²) < 4.78 is 23.5. The normalized spacial score (nSPS) is 22.4. The largest absolute Gasteiger partial charge is 0.335 e. The maximum Gasteiger partial charge on any atom is 0.233 e. The monoisotopic (exact) mass is 399 g/mol. The first-order chi connectivity index (χ1) is 11.9. The maximum absolute atomic E-state index is 12.7. The molecule has 1 atom stereocenters. The van der Waals surface area contributed by atoms with Crippen LogP contribution in [0, 0.1) is 0 Å². The minimum absolute atomic E-state index is 0.00640. The van der Waals surface area contributed by atoms with Crippen LogP contribution < -0.4 is 0 Å². The highest BCUT2D eigenvalue weighted by molar-refractivity contribution is 7.99. The zero-order valence-electron chi connectivity index (χ0n) is 13.4. The Labute approximate surface area is 155 Å². The van der Waals surface area contributed by atoms with Crippen molar-refractivity contribution in [2.24, 2.45) is 0 Å². The molecule has 2 fully saturated rings. The highest BCUT2D eigenvalue weighted by Crippen LogP contribution is 2.33. The van der Waals surface area contributed by atoms with Crippen molar-refractivity contribution in [2.75, 3.05) is 17.3 Å². The zero-order valence-corrected chi connectivity index (χ0v) is 15.8. The number of imidazole rings is 1. The third-order valence-electron chi connectivity index (χ3n) is 4.58. The van der Waals surface area contributed by atoms with E-state index >= 15 is 0 Å². The molecular weight excluding hydrogens is 382 g/mol. The third-order valence-corrected chi connectivity index (χ3v) is 7.43. The fourth-order valence-electron chi connectivity index (χ4n) is 3.28. The van der Waals surface area contributed by atoms with Crippen LogP contribution in [0.25, 0.3) is 11.0 Å². The molecule has 25 heavy (non-hydrogen) atoms. The van der Waals surface area contributed by atoms with Crippen LogP contribution in [-0.2, 0) is 14.6 Å². The van der Waals surface area contributed by atoms with E-state index < -0.39 is 9.84 Å². The van der Waals surface area contributed by atoms with E-state index in [2.05, 4.69) is 9.97 Å². The second-order valence-corrected chi connectivity index (χ2v) is 10.2. The van der Waals surface area contributed by atoms with Gasteiger partial charge >= 0.3 is 0 Å². The number of benzene rings is 1. The number of sulfone groups is 1. The van der Waals surface area contributed by atoms with Crippen molar-refractivity contribution in [1.82, 2.24) is 14.9 Å². The van der Waals surface area contributed by atoms with Crippen molar-refractivity contribution < 1.29 is 13.2 Å². The van der Waals surface area contributed by atoms with Crippen LogP contribution in [-0.4, -0.2) is 58.5 Å². The average molecular weight is 400 g/mol. The summed E-state index contributed by atoms with van der Waals surface area (Å²) in [6.07, 6.45) is 2.49. The number of hydrogen-bond donors (Lipinski definition) is 1. The van der Waals surface area contributed by atoms with Crippen LogP contribution >= 0.6 is 23.4 Å². The van der Waals surface area contributed by atoms with Crippen molar-refractivity contribution in [3.8, 4) is 0 Å². The van der Waals surface area contributed by atoms with Gasteiger partial charge in [0.1, 0.15) is 0 Å². The molecule has 1 saturated heterocycles. The molecule has 9 heteroatoms. The molecule has 1 aromatic carbocycles. The van der Waals surface area contributed by atoms with Crippen molar-refractivity contribution in [2.45, 2.75) is 36.5 Å².